The Morgan fingerprint density at radius 3 is 2.47 bits per heavy atom. The van der Waals surface area contributed by atoms with Gasteiger partial charge in [-0.05, 0) is 24.6 Å². The summed E-state index contributed by atoms with van der Waals surface area (Å²) in [6.45, 7) is 2.21. The molecule has 1 N–H and O–H groups in total. The van der Waals surface area contributed by atoms with Gasteiger partial charge in [0.1, 0.15) is 4.21 Å². The number of nitrogens with one attached hydrogen (secondary N) is 1. The van der Waals surface area contributed by atoms with Gasteiger partial charge >= 0.3 is 0 Å². The Morgan fingerprint density at radius 1 is 1.21 bits per heavy atom. The Balaban J connectivity index is 2.03. The molecule has 2 rings (SSSR count). The van der Waals surface area contributed by atoms with Gasteiger partial charge in [0.2, 0.25) is 10.0 Å². The Bertz CT molecular complexity index is 638. The highest BCUT2D eigenvalue weighted by Crippen LogP contribution is 2.24. The lowest BCUT2D eigenvalue weighted by molar-refractivity contribution is 0.583. The Labute approximate surface area is 125 Å². The van der Waals surface area contributed by atoms with Crippen molar-refractivity contribution in [1.82, 2.24) is 4.72 Å². The molecule has 1 unspecified atom stereocenters. The molecule has 3 nitrogen and oxygen atoms in total. The Hall–Kier alpha value is -0.690. The van der Waals surface area contributed by atoms with Crippen LogP contribution in [0.1, 0.15) is 15.3 Å². The fourth-order valence-corrected chi connectivity index (χ4v) is 4.65. The van der Waals surface area contributed by atoms with E-state index in [1.807, 2.05) is 43.3 Å². The maximum absolute atomic E-state index is 12.1. The largest absolute Gasteiger partial charge is 0.250 e. The quantitative estimate of drug-likeness (QED) is 0.830. The van der Waals surface area contributed by atoms with E-state index in [2.05, 4.69) is 20.7 Å². The Morgan fingerprint density at radius 2 is 1.89 bits per heavy atom. The molecule has 0 bridgehead atoms. The number of halogens is 1. The van der Waals surface area contributed by atoms with E-state index in [1.165, 1.54) is 11.3 Å². The molecule has 0 aliphatic heterocycles. The van der Waals surface area contributed by atoms with Gasteiger partial charge in [-0.1, -0.05) is 46.3 Å². The van der Waals surface area contributed by atoms with Crippen molar-refractivity contribution in [2.24, 2.45) is 0 Å². The van der Waals surface area contributed by atoms with Crippen LogP contribution in [-0.2, 0) is 10.0 Å². The van der Waals surface area contributed by atoms with Crippen LogP contribution in [0.15, 0.2) is 46.7 Å². The normalized spacial score (nSPS) is 13.4. The lowest BCUT2D eigenvalue weighted by Crippen LogP contribution is -2.26. The number of thiophene rings is 1. The first-order chi connectivity index (χ1) is 8.99. The van der Waals surface area contributed by atoms with Crippen molar-refractivity contribution in [2.45, 2.75) is 16.0 Å². The van der Waals surface area contributed by atoms with E-state index >= 15 is 0 Å². The molecule has 102 valence electrons. The molecule has 1 aromatic carbocycles. The molecule has 0 aliphatic carbocycles. The molecule has 1 aromatic heterocycles. The number of rotatable bonds is 5. The average molecular weight is 360 g/mol. The smallest absolute Gasteiger partial charge is 0.209 e. The van der Waals surface area contributed by atoms with E-state index in [-0.39, 0.29) is 4.83 Å². The molecule has 19 heavy (non-hydrogen) atoms. The highest BCUT2D eigenvalue weighted by molar-refractivity contribution is 9.09. The summed E-state index contributed by atoms with van der Waals surface area (Å²) >= 11 is 4.77. The molecular weight excluding hydrogens is 346 g/mol. The van der Waals surface area contributed by atoms with Gasteiger partial charge < -0.3 is 0 Å². The van der Waals surface area contributed by atoms with Gasteiger partial charge in [0.15, 0.2) is 0 Å². The van der Waals surface area contributed by atoms with Crippen LogP contribution >= 0.6 is 27.3 Å². The van der Waals surface area contributed by atoms with Crippen LogP contribution < -0.4 is 4.72 Å². The summed E-state index contributed by atoms with van der Waals surface area (Å²) < 4.78 is 27.1. The molecule has 1 atom stereocenters. The first kappa shape index (κ1) is 14.7. The highest BCUT2D eigenvalue weighted by atomic mass is 79.9. The van der Waals surface area contributed by atoms with E-state index in [9.17, 15) is 8.42 Å². The van der Waals surface area contributed by atoms with Crippen molar-refractivity contribution >= 4 is 37.3 Å². The van der Waals surface area contributed by atoms with E-state index in [1.54, 1.807) is 6.07 Å². The predicted octanol–water partition coefficient (Wildman–Crippen LogP) is 3.47. The van der Waals surface area contributed by atoms with E-state index < -0.39 is 10.0 Å². The minimum atomic E-state index is -3.40. The molecule has 0 fully saturated rings. The lowest BCUT2D eigenvalue weighted by atomic mass is 10.2. The lowest BCUT2D eigenvalue weighted by Gasteiger charge is -2.11. The van der Waals surface area contributed by atoms with Gasteiger partial charge in [0, 0.05) is 11.4 Å². The second-order valence-corrected chi connectivity index (χ2v) is 8.48. The zero-order chi connectivity index (χ0) is 13.9. The zero-order valence-electron chi connectivity index (χ0n) is 10.3. The predicted molar refractivity (Wildman–Crippen MR) is 82.4 cm³/mol. The molecule has 0 radical (unpaired) electrons. The molecule has 0 spiro atoms. The van der Waals surface area contributed by atoms with Gasteiger partial charge in [0.25, 0.3) is 0 Å². The maximum atomic E-state index is 12.1. The van der Waals surface area contributed by atoms with Gasteiger partial charge in [-0.25, -0.2) is 13.1 Å². The molecule has 0 amide bonds. The van der Waals surface area contributed by atoms with Gasteiger partial charge in [-0.2, -0.15) is 0 Å². The van der Waals surface area contributed by atoms with Crippen molar-refractivity contribution in [3.63, 3.8) is 0 Å². The number of benzene rings is 1. The van der Waals surface area contributed by atoms with Crippen LogP contribution in [0.5, 0.6) is 0 Å². The number of hydrogen-bond donors (Lipinski definition) is 1. The molecule has 0 aliphatic rings. The standard InChI is InChI=1S/C13H14BrNO2S2/c1-10-7-8-13(18-10)19(16,17)15-9-12(14)11-5-3-2-4-6-11/h2-8,12,15H,9H2,1H3. The van der Waals surface area contributed by atoms with E-state index in [4.69, 9.17) is 0 Å². The van der Waals surface area contributed by atoms with Crippen LogP contribution in [-0.4, -0.2) is 15.0 Å². The third-order valence-electron chi connectivity index (χ3n) is 2.59. The zero-order valence-corrected chi connectivity index (χ0v) is 13.6. The van der Waals surface area contributed by atoms with E-state index in [0.29, 0.717) is 10.8 Å². The van der Waals surface area contributed by atoms with E-state index in [0.717, 1.165) is 10.4 Å². The molecule has 6 heteroatoms. The van der Waals surface area contributed by atoms with Crippen molar-refractivity contribution in [1.29, 1.82) is 0 Å². The summed E-state index contributed by atoms with van der Waals surface area (Å²) in [7, 11) is -3.40. The van der Waals surface area contributed by atoms with Crippen LogP contribution in [0, 0.1) is 6.92 Å². The first-order valence-electron chi connectivity index (χ1n) is 5.74. The summed E-state index contributed by atoms with van der Waals surface area (Å²) in [5.74, 6) is 0. The maximum Gasteiger partial charge on any atom is 0.250 e. The van der Waals surface area contributed by atoms with Crippen molar-refractivity contribution in [3.05, 3.63) is 52.9 Å². The van der Waals surface area contributed by atoms with Crippen LogP contribution in [0.4, 0.5) is 0 Å². The fourth-order valence-electron chi connectivity index (χ4n) is 1.59. The Kier molecular flexibility index (Phi) is 4.78. The number of alkyl halides is 1. The van der Waals surface area contributed by atoms with Crippen LogP contribution in [0.2, 0.25) is 0 Å². The van der Waals surface area contributed by atoms with Gasteiger partial charge in [-0.15, -0.1) is 11.3 Å². The monoisotopic (exact) mass is 359 g/mol. The summed E-state index contributed by atoms with van der Waals surface area (Å²) in [4.78, 5) is 0.948. The summed E-state index contributed by atoms with van der Waals surface area (Å²) in [6.07, 6.45) is 0. The third kappa shape index (κ3) is 3.89. The minimum absolute atomic E-state index is 0.0375. The SMILES string of the molecule is Cc1ccc(S(=O)(=O)NCC(Br)c2ccccc2)s1. The molecular formula is C13H14BrNO2S2. The molecule has 2 aromatic rings. The van der Waals surface area contributed by atoms with Gasteiger partial charge in [0.05, 0.1) is 4.83 Å². The van der Waals surface area contributed by atoms with Crippen molar-refractivity contribution in [2.75, 3.05) is 6.54 Å². The second-order valence-electron chi connectivity index (χ2n) is 4.10. The van der Waals surface area contributed by atoms with Crippen molar-refractivity contribution < 1.29 is 8.42 Å². The summed E-state index contributed by atoms with van der Waals surface area (Å²) in [5.41, 5.74) is 1.05. The molecule has 0 saturated carbocycles. The second kappa shape index (κ2) is 6.17. The number of hydrogen-bond acceptors (Lipinski definition) is 3. The first-order valence-corrected chi connectivity index (χ1v) is 8.96. The highest BCUT2D eigenvalue weighted by Gasteiger charge is 2.17. The number of aryl methyl sites for hydroxylation is 1. The van der Waals surface area contributed by atoms with Gasteiger partial charge in [-0.3, -0.25) is 0 Å². The number of sulfonamides is 1. The topological polar surface area (TPSA) is 46.2 Å². The summed E-state index contributed by atoms with van der Waals surface area (Å²) in [6, 6.07) is 13.2. The fraction of sp³-hybridized carbons (Fsp3) is 0.231. The van der Waals surface area contributed by atoms with Crippen molar-refractivity contribution in [3.8, 4) is 0 Å². The molecule has 1 heterocycles. The summed E-state index contributed by atoms with van der Waals surface area (Å²) in [5, 5.41) is 0. The minimum Gasteiger partial charge on any atom is -0.209 e. The molecule has 0 saturated heterocycles. The van der Waals surface area contributed by atoms with Crippen LogP contribution in [0.3, 0.4) is 0 Å². The third-order valence-corrected chi connectivity index (χ3v) is 6.36. The average Bonchev–Trinajstić information content (AvgIpc) is 2.85. The van der Waals surface area contributed by atoms with Crippen LogP contribution in [0.25, 0.3) is 0 Å².